The van der Waals surface area contributed by atoms with Crippen LogP contribution in [0.1, 0.15) is 30.0 Å². The number of alkyl halides is 1. The van der Waals surface area contributed by atoms with Gasteiger partial charge in [0.15, 0.2) is 23.6 Å². The minimum Gasteiger partial charge on any atom is -0.239 e. The predicted octanol–water partition coefficient (Wildman–Crippen LogP) is 3.46. The topological polar surface area (TPSA) is 30.7 Å². The zero-order valence-corrected chi connectivity index (χ0v) is 10.8. The van der Waals surface area contributed by atoms with Crippen LogP contribution in [0.15, 0.2) is 16.9 Å². The summed E-state index contributed by atoms with van der Waals surface area (Å²) in [5.74, 6) is -3.47. The van der Waals surface area contributed by atoms with Gasteiger partial charge in [-0.05, 0) is 28.1 Å². The van der Waals surface area contributed by atoms with E-state index >= 15 is 0 Å². The minimum atomic E-state index is -1.49. The van der Waals surface area contributed by atoms with E-state index in [1.54, 1.807) is 0 Å². The first-order valence-corrected chi connectivity index (χ1v) is 6.17. The van der Waals surface area contributed by atoms with Crippen LogP contribution in [0, 0.1) is 17.5 Å². The highest BCUT2D eigenvalue weighted by Crippen LogP contribution is 2.41. The lowest BCUT2D eigenvalue weighted by Gasteiger charge is -2.13. The molecule has 1 aliphatic heterocycles. The Morgan fingerprint density at radius 1 is 1.21 bits per heavy atom. The van der Waals surface area contributed by atoms with Crippen LogP contribution >= 0.6 is 15.9 Å². The Kier molecular flexibility index (Phi) is 2.84. The predicted molar refractivity (Wildman–Crippen MR) is 60.6 cm³/mol. The van der Waals surface area contributed by atoms with E-state index in [4.69, 9.17) is 0 Å². The maximum atomic E-state index is 13.7. The van der Waals surface area contributed by atoms with E-state index in [2.05, 4.69) is 26.0 Å². The van der Waals surface area contributed by atoms with Crippen molar-refractivity contribution in [3.8, 4) is 0 Å². The number of fused-ring (bicyclic) bond motifs is 1. The fourth-order valence-electron chi connectivity index (χ4n) is 2.24. The van der Waals surface area contributed by atoms with Crippen LogP contribution in [0.25, 0.3) is 0 Å². The maximum Gasteiger partial charge on any atom is 0.217 e. The molecule has 0 saturated heterocycles. The number of hydrogen-bond donors (Lipinski definition) is 0. The van der Waals surface area contributed by atoms with Crippen LogP contribution in [0.4, 0.5) is 17.6 Å². The van der Waals surface area contributed by atoms with Crippen LogP contribution in [0.3, 0.4) is 0 Å². The minimum absolute atomic E-state index is 0.0278. The molecule has 0 spiro atoms. The molecule has 2 aromatic rings. The quantitative estimate of drug-likeness (QED) is 0.590. The molecule has 100 valence electrons. The van der Waals surface area contributed by atoms with Gasteiger partial charge in [-0.15, -0.1) is 5.10 Å². The molecule has 1 aliphatic rings. The van der Waals surface area contributed by atoms with E-state index in [0.717, 1.165) is 10.7 Å². The lowest BCUT2D eigenvalue weighted by atomic mass is 10.0. The summed E-state index contributed by atoms with van der Waals surface area (Å²) in [7, 11) is 0. The van der Waals surface area contributed by atoms with Crippen molar-refractivity contribution in [2.75, 3.05) is 0 Å². The van der Waals surface area contributed by atoms with Crippen molar-refractivity contribution in [3.05, 3.63) is 45.7 Å². The second kappa shape index (κ2) is 4.29. The number of benzene rings is 1. The normalized spacial score (nSPS) is 21.7. The zero-order valence-electron chi connectivity index (χ0n) is 9.25. The second-order valence-corrected chi connectivity index (χ2v) is 4.87. The zero-order chi connectivity index (χ0) is 13.7. The van der Waals surface area contributed by atoms with Crippen LogP contribution in [-0.4, -0.2) is 14.8 Å². The van der Waals surface area contributed by atoms with Crippen LogP contribution in [0.2, 0.25) is 0 Å². The number of halogens is 5. The highest BCUT2D eigenvalue weighted by molar-refractivity contribution is 9.10. The van der Waals surface area contributed by atoms with Crippen molar-refractivity contribution in [1.29, 1.82) is 0 Å². The van der Waals surface area contributed by atoms with Gasteiger partial charge in [-0.25, -0.2) is 27.2 Å². The molecule has 2 heterocycles. The van der Waals surface area contributed by atoms with Crippen molar-refractivity contribution in [1.82, 2.24) is 14.8 Å². The van der Waals surface area contributed by atoms with E-state index in [-0.39, 0.29) is 17.0 Å². The Hall–Kier alpha value is -1.44. The first kappa shape index (κ1) is 12.6. The van der Waals surface area contributed by atoms with E-state index in [1.807, 2.05) is 0 Å². The fourth-order valence-corrected chi connectivity index (χ4v) is 2.59. The van der Waals surface area contributed by atoms with E-state index < -0.39 is 35.2 Å². The summed E-state index contributed by atoms with van der Waals surface area (Å²) < 4.78 is 55.6. The average Bonchev–Trinajstić information content (AvgIpc) is 2.86. The van der Waals surface area contributed by atoms with Gasteiger partial charge in [-0.2, -0.15) is 0 Å². The fraction of sp³-hybridized carbons (Fsp3) is 0.273. The molecule has 0 fully saturated rings. The molecule has 1 aromatic carbocycles. The van der Waals surface area contributed by atoms with Gasteiger partial charge in [0.25, 0.3) is 0 Å². The maximum absolute atomic E-state index is 13.7. The molecular weight excluding hydrogens is 330 g/mol. The Balaban J connectivity index is 2.17. The summed E-state index contributed by atoms with van der Waals surface area (Å²) in [6.07, 6.45) is -1.72. The van der Waals surface area contributed by atoms with Crippen molar-refractivity contribution < 1.29 is 17.6 Å². The third-order valence-electron chi connectivity index (χ3n) is 3.05. The first-order valence-electron chi connectivity index (χ1n) is 5.38. The molecule has 0 amide bonds. The molecule has 0 aliphatic carbocycles. The third-order valence-corrected chi connectivity index (χ3v) is 3.39. The Labute approximate surface area is 113 Å². The summed E-state index contributed by atoms with van der Waals surface area (Å²) in [6.45, 7) is 0. The molecule has 3 rings (SSSR count). The van der Waals surface area contributed by atoms with Gasteiger partial charge in [0.2, 0.25) is 4.73 Å². The molecule has 1 aromatic heterocycles. The summed E-state index contributed by atoms with van der Waals surface area (Å²) >= 11 is 2.97. The van der Waals surface area contributed by atoms with Crippen molar-refractivity contribution in [3.63, 3.8) is 0 Å². The summed E-state index contributed by atoms with van der Waals surface area (Å²) in [4.78, 5) is 3.78. The van der Waals surface area contributed by atoms with Crippen molar-refractivity contribution in [2.24, 2.45) is 0 Å². The smallest absolute Gasteiger partial charge is 0.217 e. The largest absolute Gasteiger partial charge is 0.239 e. The van der Waals surface area contributed by atoms with E-state index in [9.17, 15) is 17.6 Å². The van der Waals surface area contributed by atoms with Crippen LogP contribution in [0.5, 0.6) is 0 Å². The van der Waals surface area contributed by atoms with E-state index in [0.29, 0.717) is 6.07 Å². The average molecular weight is 336 g/mol. The van der Waals surface area contributed by atoms with Gasteiger partial charge in [-0.3, -0.25) is 0 Å². The van der Waals surface area contributed by atoms with Gasteiger partial charge in [-0.1, -0.05) is 0 Å². The third kappa shape index (κ3) is 1.85. The molecule has 0 N–H and O–H groups in total. The van der Waals surface area contributed by atoms with Gasteiger partial charge < -0.3 is 0 Å². The van der Waals surface area contributed by atoms with Crippen LogP contribution in [-0.2, 0) is 0 Å². The highest BCUT2D eigenvalue weighted by Gasteiger charge is 2.38. The lowest BCUT2D eigenvalue weighted by Crippen LogP contribution is -2.12. The molecule has 0 radical (unpaired) electrons. The number of hydrogen-bond acceptors (Lipinski definition) is 2. The lowest BCUT2D eigenvalue weighted by molar-refractivity contribution is 0.323. The number of rotatable bonds is 1. The summed E-state index contributed by atoms with van der Waals surface area (Å²) in [5, 5.41) is 3.84. The highest BCUT2D eigenvalue weighted by atomic mass is 79.9. The molecule has 0 saturated carbocycles. The SMILES string of the molecule is Fc1ccc(F)c([C@@H]2C[C@H](F)c3nc(Br)nn32)c1F. The summed E-state index contributed by atoms with van der Waals surface area (Å²) in [5.41, 5.74) is -0.529. The molecule has 3 nitrogen and oxygen atoms in total. The van der Waals surface area contributed by atoms with E-state index in [1.165, 1.54) is 0 Å². The van der Waals surface area contributed by atoms with Gasteiger partial charge in [0, 0.05) is 6.42 Å². The first-order chi connectivity index (χ1) is 8.99. The molecule has 0 bridgehead atoms. The molecular formula is C11H6BrF4N3. The second-order valence-electron chi connectivity index (χ2n) is 4.16. The Morgan fingerprint density at radius 3 is 2.63 bits per heavy atom. The van der Waals surface area contributed by atoms with Gasteiger partial charge in [0.05, 0.1) is 11.6 Å². The van der Waals surface area contributed by atoms with Crippen LogP contribution < -0.4 is 0 Å². The monoisotopic (exact) mass is 335 g/mol. The standard InChI is InChI=1S/C11H6BrF4N3/c12-11-17-10-6(15)3-7(19(10)18-11)8-4(13)1-2-5(14)9(8)16/h1-2,6-7H,3H2/t6-,7-/m0/s1. The molecule has 2 atom stereocenters. The van der Waals surface area contributed by atoms with Crippen molar-refractivity contribution >= 4 is 15.9 Å². The van der Waals surface area contributed by atoms with Gasteiger partial charge in [0.1, 0.15) is 5.82 Å². The Bertz CT molecular complexity index is 658. The Morgan fingerprint density at radius 2 is 1.89 bits per heavy atom. The summed E-state index contributed by atoms with van der Waals surface area (Å²) in [6, 6.07) is 0.457. The van der Waals surface area contributed by atoms with Crippen molar-refractivity contribution in [2.45, 2.75) is 18.6 Å². The number of nitrogens with zero attached hydrogens (tertiary/aromatic N) is 3. The molecule has 0 unspecified atom stereocenters. The molecule has 8 heteroatoms. The van der Waals surface area contributed by atoms with Gasteiger partial charge >= 0.3 is 0 Å². The molecule has 19 heavy (non-hydrogen) atoms. The number of aromatic nitrogens is 3.